The van der Waals surface area contributed by atoms with Gasteiger partial charge in [-0.2, -0.15) is 0 Å². The zero-order valence-electron chi connectivity index (χ0n) is 14.3. The number of nitrogens with zero attached hydrogens (tertiary/aromatic N) is 2. The number of likely N-dealkylation sites (tertiary alicyclic amines) is 1. The van der Waals surface area contributed by atoms with Crippen molar-refractivity contribution in [3.8, 4) is 11.3 Å². The van der Waals surface area contributed by atoms with Gasteiger partial charge in [0, 0.05) is 36.8 Å². The molecule has 1 aromatic heterocycles. The van der Waals surface area contributed by atoms with Crippen LogP contribution in [0.25, 0.3) is 11.3 Å². The quantitative estimate of drug-likeness (QED) is 0.822. The average molecular weight is 369 g/mol. The Hall–Kier alpha value is -2.54. The molecule has 2 aliphatic rings. The van der Waals surface area contributed by atoms with Gasteiger partial charge in [-0.3, -0.25) is 19.3 Å². The largest absolute Gasteiger partial charge is 0.302 e. The predicted octanol–water partition coefficient (Wildman–Crippen LogP) is 2.78. The van der Waals surface area contributed by atoms with Crippen LogP contribution in [0.15, 0.2) is 23.6 Å². The zero-order chi connectivity index (χ0) is 18.1. The fourth-order valence-electron chi connectivity index (χ4n) is 3.46. The van der Waals surface area contributed by atoms with E-state index in [2.05, 4.69) is 28.5 Å². The van der Waals surface area contributed by atoms with Crippen LogP contribution in [0.1, 0.15) is 36.8 Å². The van der Waals surface area contributed by atoms with Gasteiger partial charge < -0.3 is 5.32 Å². The Morgan fingerprint density at radius 2 is 1.88 bits per heavy atom. The zero-order valence-corrected chi connectivity index (χ0v) is 15.1. The van der Waals surface area contributed by atoms with E-state index < -0.39 is 0 Å². The summed E-state index contributed by atoms with van der Waals surface area (Å²) >= 11 is 1.37. The van der Waals surface area contributed by atoms with E-state index in [9.17, 15) is 14.4 Å². The van der Waals surface area contributed by atoms with Crippen LogP contribution < -0.4 is 5.32 Å². The van der Waals surface area contributed by atoms with Gasteiger partial charge in [0.2, 0.25) is 17.7 Å². The summed E-state index contributed by atoms with van der Waals surface area (Å²) in [6.45, 7) is 0.132. The van der Waals surface area contributed by atoms with Gasteiger partial charge in [0.05, 0.1) is 5.69 Å². The lowest BCUT2D eigenvalue weighted by Crippen LogP contribution is -2.32. The molecule has 4 rings (SSSR count). The van der Waals surface area contributed by atoms with Crippen molar-refractivity contribution in [2.75, 3.05) is 11.9 Å². The average Bonchev–Trinajstić information content (AvgIpc) is 3.34. The lowest BCUT2D eigenvalue weighted by atomic mass is 10.1. The van der Waals surface area contributed by atoms with Gasteiger partial charge in [-0.25, -0.2) is 4.98 Å². The molecule has 134 valence electrons. The molecular weight excluding hydrogens is 350 g/mol. The number of anilines is 1. The minimum atomic E-state index is -0.243. The van der Waals surface area contributed by atoms with Crippen LogP contribution in [-0.4, -0.2) is 34.2 Å². The highest BCUT2D eigenvalue weighted by molar-refractivity contribution is 7.14. The number of hydrogen-bond acceptors (Lipinski definition) is 5. The molecule has 1 aromatic carbocycles. The molecule has 6 nitrogen and oxygen atoms in total. The van der Waals surface area contributed by atoms with E-state index >= 15 is 0 Å². The normalized spacial score (nSPS) is 16.2. The molecule has 26 heavy (non-hydrogen) atoms. The van der Waals surface area contributed by atoms with E-state index in [4.69, 9.17) is 0 Å². The van der Waals surface area contributed by atoms with Gasteiger partial charge in [-0.05, 0) is 36.5 Å². The summed E-state index contributed by atoms with van der Waals surface area (Å²) in [4.78, 5) is 40.9. The summed E-state index contributed by atoms with van der Waals surface area (Å²) < 4.78 is 0. The van der Waals surface area contributed by atoms with Crippen LogP contribution in [0.3, 0.4) is 0 Å². The lowest BCUT2D eigenvalue weighted by molar-refractivity contribution is -0.138. The summed E-state index contributed by atoms with van der Waals surface area (Å²) in [5, 5.41) is 5.22. The second kappa shape index (κ2) is 6.99. The Bertz CT molecular complexity index is 874. The summed E-state index contributed by atoms with van der Waals surface area (Å²) in [5.74, 6) is -0.640. The van der Waals surface area contributed by atoms with Crippen molar-refractivity contribution in [1.82, 2.24) is 9.88 Å². The van der Waals surface area contributed by atoms with Gasteiger partial charge in [-0.1, -0.05) is 12.1 Å². The van der Waals surface area contributed by atoms with Gasteiger partial charge in [0.1, 0.15) is 0 Å². The molecule has 1 saturated heterocycles. The molecule has 0 atom stereocenters. The Morgan fingerprint density at radius 3 is 2.69 bits per heavy atom. The first-order chi connectivity index (χ1) is 12.6. The van der Waals surface area contributed by atoms with Crippen LogP contribution in [0.2, 0.25) is 0 Å². The highest BCUT2D eigenvalue weighted by atomic mass is 32.1. The number of aryl methyl sites for hydroxylation is 2. The van der Waals surface area contributed by atoms with Gasteiger partial charge in [-0.15, -0.1) is 11.3 Å². The van der Waals surface area contributed by atoms with Crippen molar-refractivity contribution in [2.24, 2.45) is 0 Å². The van der Waals surface area contributed by atoms with Crippen molar-refractivity contribution in [2.45, 2.75) is 38.5 Å². The van der Waals surface area contributed by atoms with E-state index in [1.54, 1.807) is 0 Å². The summed E-state index contributed by atoms with van der Waals surface area (Å²) in [6, 6.07) is 6.43. The summed E-state index contributed by atoms with van der Waals surface area (Å²) in [5.41, 5.74) is 4.73. The molecular formula is C19H19N3O3S. The minimum Gasteiger partial charge on any atom is -0.302 e. The third-order valence-corrected chi connectivity index (χ3v) is 5.62. The van der Waals surface area contributed by atoms with Crippen LogP contribution in [-0.2, 0) is 27.2 Å². The first kappa shape index (κ1) is 16.9. The number of imide groups is 1. The maximum atomic E-state index is 12.1. The number of carbonyl (C=O) groups excluding carboxylic acids is 3. The van der Waals surface area contributed by atoms with Crippen molar-refractivity contribution < 1.29 is 14.4 Å². The third-order valence-electron chi connectivity index (χ3n) is 4.86. The summed E-state index contributed by atoms with van der Waals surface area (Å²) in [6.07, 6.45) is 4.05. The lowest BCUT2D eigenvalue weighted by Gasteiger charge is -2.12. The van der Waals surface area contributed by atoms with E-state index in [1.165, 1.54) is 28.9 Å². The number of benzene rings is 1. The first-order valence-corrected chi connectivity index (χ1v) is 9.69. The van der Waals surface area contributed by atoms with E-state index in [0.29, 0.717) is 5.13 Å². The van der Waals surface area contributed by atoms with Crippen LogP contribution in [0.5, 0.6) is 0 Å². The molecule has 0 bridgehead atoms. The molecule has 1 fully saturated rings. The maximum Gasteiger partial charge on any atom is 0.229 e. The van der Waals surface area contributed by atoms with Crippen molar-refractivity contribution in [3.05, 3.63) is 34.7 Å². The molecule has 0 unspecified atom stereocenters. The smallest absolute Gasteiger partial charge is 0.229 e. The Balaban J connectivity index is 1.37. The molecule has 3 amide bonds. The topological polar surface area (TPSA) is 79.4 Å². The SMILES string of the molecule is O=C(CCN1C(=O)CCC1=O)Nc1nc(-c2ccc3c(c2)CCC3)cs1. The number of hydrogen-bond donors (Lipinski definition) is 1. The minimum absolute atomic E-state index is 0.0885. The predicted molar refractivity (Wildman–Crippen MR) is 98.8 cm³/mol. The second-order valence-corrected chi connectivity index (χ2v) is 7.47. The highest BCUT2D eigenvalue weighted by Gasteiger charge is 2.28. The molecule has 0 radical (unpaired) electrons. The number of amides is 3. The van der Waals surface area contributed by atoms with Gasteiger partial charge in [0.15, 0.2) is 5.13 Å². The fraction of sp³-hybridized carbons (Fsp3) is 0.368. The number of rotatable bonds is 5. The van der Waals surface area contributed by atoms with E-state index in [0.717, 1.165) is 29.0 Å². The third kappa shape index (κ3) is 3.39. The summed E-state index contributed by atoms with van der Waals surface area (Å²) in [7, 11) is 0. The van der Waals surface area contributed by atoms with Crippen LogP contribution in [0, 0.1) is 0 Å². The molecule has 7 heteroatoms. The van der Waals surface area contributed by atoms with E-state index in [1.807, 2.05) is 5.38 Å². The highest BCUT2D eigenvalue weighted by Crippen LogP contribution is 2.30. The Morgan fingerprint density at radius 1 is 1.12 bits per heavy atom. The van der Waals surface area contributed by atoms with Gasteiger partial charge in [0.25, 0.3) is 0 Å². The molecule has 1 aliphatic heterocycles. The Kier molecular flexibility index (Phi) is 4.55. The van der Waals surface area contributed by atoms with E-state index in [-0.39, 0.29) is 43.5 Å². The Labute approximate surface area is 155 Å². The fourth-order valence-corrected chi connectivity index (χ4v) is 4.20. The number of thiazole rings is 1. The molecule has 2 aromatic rings. The molecule has 0 saturated carbocycles. The second-order valence-electron chi connectivity index (χ2n) is 6.61. The van der Waals surface area contributed by atoms with Crippen LogP contribution in [0.4, 0.5) is 5.13 Å². The first-order valence-electron chi connectivity index (χ1n) is 8.81. The van der Waals surface area contributed by atoms with Crippen LogP contribution >= 0.6 is 11.3 Å². The van der Waals surface area contributed by atoms with Crippen molar-refractivity contribution in [3.63, 3.8) is 0 Å². The number of aromatic nitrogens is 1. The van der Waals surface area contributed by atoms with Crippen molar-refractivity contribution in [1.29, 1.82) is 0 Å². The molecule has 2 heterocycles. The van der Waals surface area contributed by atoms with Crippen molar-refractivity contribution >= 4 is 34.2 Å². The van der Waals surface area contributed by atoms with Gasteiger partial charge >= 0.3 is 0 Å². The molecule has 1 aliphatic carbocycles. The monoisotopic (exact) mass is 369 g/mol. The number of carbonyl (C=O) groups is 3. The maximum absolute atomic E-state index is 12.1. The number of nitrogens with one attached hydrogen (secondary N) is 1. The molecule has 1 N–H and O–H groups in total. The standard InChI is InChI=1S/C19H19N3O3S/c23-16(8-9-22-17(24)6-7-18(22)25)21-19-20-15(11-26-19)14-5-4-12-2-1-3-13(12)10-14/h4-5,10-11H,1-3,6-9H2,(H,20,21,23). The number of fused-ring (bicyclic) bond motifs is 1. The molecule has 0 spiro atoms.